The van der Waals surface area contributed by atoms with E-state index in [0.29, 0.717) is 30.6 Å². The number of nitrogens with zero attached hydrogens (tertiary/aromatic N) is 3. The molecule has 28 heavy (non-hydrogen) atoms. The van der Waals surface area contributed by atoms with Crippen molar-refractivity contribution in [3.8, 4) is 29.0 Å². The molecule has 3 N–H and O–H groups in total. The van der Waals surface area contributed by atoms with Gasteiger partial charge >= 0.3 is 0 Å². The van der Waals surface area contributed by atoms with Crippen molar-refractivity contribution in [1.29, 1.82) is 5.26 Å². The van der Waals surface area contributed by atoms with Crippen LogP contribution in [-0.4, -0.2) is 23.2 Å². The molecular weight excluding hydrogens is 354 g/mol. The minimum Gasteiger partial charge on any atom is -0.478 e. The summed E-state index contributed by atoms with van der Waals surface area (Å²) >= 11 is 0. The molecule has 0 spiro atoms. The largest absolute Gasteiger partial charge is 0.478 e. The molecule has 0 aliphatic heterocycles. The first-order valence-corrected chi connectivity index (χ1v) is 8.94. The second-order valence-corrected chi connectivity index (χ2v) is 5.84. The van der Waals surface area contributed by atoms with Gasteiger partial charge < -0.3 is 20.5 Å². The SMILES string of the molecule is CCOc1cc(-c2ccc(Nc3cc(N)c(C#N)c(OCC)n3)cc2)ccn1. The molecular formula is C21H21N5O2. The Kier molecular flexibility index (Phi) is 5.92. The average Bonchev–Trinajstić information content (AvgIpc) is 2.69. The Morgan fingerprint density at radius 2 is 1.79 bits per heavy atom. The molecule has 0 saturated carbocycles. The van der Waals surface area contributed by atoms with E-state index in [-0.39, 0.29) is 11.4 Å². The van der Waals surface area contributed by atoms with Gasteiger partial charge in [-0.3, -0.25) is 0 Å². The summed E-state index contributed by atoms with van der Waals surface area (Å²) in [5.74, 6) is 1.34. The molecule has 0 aliphatic carbocycles. The number of rotatable bonds is 7. The molecule has 2 heterocycles. The van der Waals surface area contributed by atoms with E-state index < -0.39 is 0 Å². The monoisotopic (exact) mass is 375 g/mol. The minimum absolute atomic E-state index is 0.226. The highest BCUT2D eigenvalue weighted by molar-refractivity contribution is 5.70. The van der Waals surface area contributed by atoms with Gasteiger partial charge in [-0.25, -0.2) is 4.98 Å². The number of ether oxygens (including phenoxy) is 2. The number of nitrogens with one attached hydrogen (secondary N) is 1. The van der Waals surface area contributed by atoms with Crippen molar-refractivity contribution in [3.05, 3.63) is 54.2 Å². The zero-order valence-corrected chi connectivity index (χ0v) is 15.8. The molecule has 0 unspecified atom stereocenters. The average molecular weight is 375 g/mol. The summed E-state index contributed by atoms with van der Waals surface area (Å²) in [5.41, 5.74) is 9.41. The first-order chi connectivity index (χ1) is 13.6. The number of nitrogen functional groups attached to an aromatic ring is 1. The van der Waals surface area contributed by atoms with Gasteiger partial charge in [0.05, 0.1) is 18.9 Å². The number of hydrogen-bond acceptors (Lipinski definition) is 7. The van der Waals surface area contributed by atoms with Crippen molar-refractivity contribution < 1.29 is 9.47 Å². The molecule has 3 aromatic rings. The lowest BCUT2D eigenvalue weighted by atomic mass is 10.1. The first kappa shape index (κ1) is 19.0. The maximum atomic E-state index is 9.21. The van der Waals surface area contributed by atoms with Gasteiger partial charge in [-0.15, -0.1) is 0 Å². The molecule has 0 fully saturated rings. The van der Waals surface area contributed by atoms with Gasteiger partial charge in [0.1, 0.15) is 17.5 Å². The molecule has 0 saturated heterocycles. The second-order valence-electron chi connectivity index (χ2n) is 5.84. The Balaban J connectivity index is 1.81. The second kappa shape index (κ2) is 8.73. The predicted molar refractivity (Wildman–Crippen MR) is 109 cm³/mol. The summed E-state index contributed by atoms with van der Waals surface area (Å²) in [4.78, 5) is 8.53. The van der Waals surface area contributed by atoms with E-state index in [9.17, 15) is 5.26 Å². The predicted octanol–water partition coefficient (Wildman–Crippen LogP) is 4.14. The van der Waals surface area contributed by atoms with Crippen LogP contribution in [0, 0.1) is 11.3 Å². The Labute approximate surface area is 163 Å². The lowest BCUT2D eigenvalue weighted by Gasteiger charge is -2.12. The van der Waals surface area contributed by atoms with Gasteiger partial charge in [-0.1, -0.05) is 12.1 Å². The summed E-state index contributed by atoms with van der Waals surface area (Å²) < 4.78 is 10.9. The van der Waals surface area contributed by atoms with Crippen molar-refractivity contribution in [3.63, 3.8) is 0 Å². The van der Waals surface area contributed by atoms with Crippen LogP contribution in [0.2, 0.25) is 0 Å². The van der Waals surface area contributed by atoms with E-state index in [2.05, 4.69) is 15.3 Å². The zero-order chi connectivity index (χ0) is 19.9. The molecule has 2 aromatic heterocycles. The van der Waals surface area contributed by atoms with E-state index in [1.807, 2.05) is 56.3 Å². The highest BCUT2D eigenvalue weighted by Crippen LogP contribution is 2.28. The number of pyridine rings is 2. The quantitative estimate of drug-likeness (QED) is 0.639. The van der Waals surface area contributed by atoms with Crippen LogP contribution in [0.5, 0.6) is 11.8 Å². The van der Waals surface area contributed by atoms with Crippen LogP contribution in [0.1, 0.15) is 19.4 Å². The number of anilines is 3. The van der Waals surface area contributed by atoms with Crippen molar-refractivity contribution in [2.24, 2.45) is 0 Å². The van der Waals surface area contributed by atoms with Crippen LogP contribution in [0.4, 0.5) is 17.2 Å². The number of hydrogen-bond donors (Lipinski definition) is 2. The molecule has 0 aliphatic rings. The minimum atomic E-state index is 0.226. The maximum Gasteiger partial charge on any atom is 0.235 e. The normalized spacial score (nSPS) is 10.2. The number of nitriles is 1. The van der Waals surface area contributed by atoms with Crippen LogP contribution in [0.15, 0.2) is 48.7 Å². The van der Waals surface area contributed by atoms with E-state index in [1.54, 1.807) is 12.3 Å². The Morgan fingerprint density at radius 1 is 1.04 bits per heavy atom. The van der Waals surface area contributed by atoms with E-state index in [1.165, 1.54) is 0 Å². The van der Waals surface area contributed by atoms with Crippen LogP contribution in [0.25, 0.3) is 11.1 Å². The van der Waals surface area contributed by atoms with Crippen molar-refractivity contribution in [2.45, 2.75) is 13.8 Å². The molecule has 3 rings (SSSR count). The number of benzene rings is 1. The van der Waals surface area contributed by atoms with Crippen LogP contribution in [0.3, 0.4) is 0 Å². The van der Waals surface area contributed by atoms with Gasteiger partial charge in [-0.2, -0.15) is 10.2 Å². The molecule has 0 radical (unpaired) electrons. The third kappa shape index (κ3) is 4.30. The van der Waals surface area contributed by atoms with E-state index in [4.69, 9.17) is 15.2 Å². The van der Waals surface area contributed by atoms with Crippen LogP contribution in [-0.2, 0) is 0 Å². The van der Waals surface area contributed by atoms with Crippen molar-refractivity contribution >= 4 is 17.2 Å². The Hall–Kier alpha value is -3.79. The summed E-state index contributed by atoms with van der Waals surface area (Å²) in [6.07, 6.45) is 1.73. The topological polar surface area (TPSA) is 106 Å². The maximum absolute atomic E-state index is 9.21. The molecule has 0 atom stereocenters. The summed E-state index contributed by atoms with van der Waals surface area (Å²) in [7, 11) is 0. The zero-order valence-electron chi connectivity index (χ0n) is 15.8. The molecule has 1 aromatic carbocycles. The fourth-order valence-corrected chi connectivity index (χ4v) is 2.67. The van der Waals surface area contributed by atoms with Gasteiger partial charge in [-0.05, 0) is 43.2 Å². The first-order valence-electron chi connectivity index (χ1n) is 8.94. The van der Waals surface area contributed by atoms with Gasteiger partial charge in [0.25, 0.3) is 0 Å². The number of nitrogens with two attached hydrogens (primary N) is 1. The molecule has 7 nitrogen and oxygen atoms in total. The van der Waals surface area contributed by atoms with Gasteiger partial charge in [0.15, 0.2) is 0 Å². The third-order valence-electron chi connectivity index (χ3n) is 3.93. The van der Waals surface area contributed by atoms with Gasteiger partial charge in [0, 0.05) is 24.0 Å². The molecule has 0 bridgehead atoms. The summed E-state index contributed by atoms with van der Waals surface area (Å²) in [6, 6.07) is 15.3. The highest BCUT2D eigenvalue weighted by atomic mass is 16.5. The van der Waals surface area contributed by atoms with Crippen LogP contribution >= 0.6 is 0 Å². The van der Waals surface area contributed by atoms with Crippen molar-refractivity contribution in [2.75, 3.05) is 24.3 Å². The number of aromatic nitrogens is 2. The smallest absolute Gasteiger partial charge is 0.235 e. The molecule has 142 valence electrons. The van der Waals surface area contributed by atoms with Crippen LogP contribution < -0.4 is 20.5 Å². The van der Waals surface area contributed by atoms with Crippen molar-refractivity contribution in [1.82, 2.24) is 9.97 Å². The Bertz CT molecular complexity index is 997. The molecule has 0 amide bonds. The Morgan fingerprint density at radius 3 is 2.46 bits per heavy atom. The van der Waals surface area contributed by atoms with E-state index >= 15 is 0 Å². The molecule has 7 heteroatoms. The lowest BCUT2D eigenvalue weighted by molar-refractivity contribution is 0.326. The van der Waals surface area contributed by atoms with E-state index in [0.717, 1.165) is 16.8 Å². The summed E-state index contributed by atoms with van der Waals surface area (Å²) in [5, 5.41) is 12.4. The third-order valence-corrected chi connectivity index (χ3v) is 3.93. The fraction of sp³-hybridized carbons (Fsp3) is 0.190. The summed E-state index contributed by atoms with van der Waals surface area (Å²) in [6.45, 7) is 4.72. The highest BCUT2D eigenvalue weighted by Gasteiger charge is 2.12. The standard InChI is InChI=1S/C21H21N5O2/c1-3-27-20-11-15(9-10-24-20)14-5-7-16(8-6-14)25-19-12-18(23)17(13-22)21(26-19)28-4-2/h5-12H,3-4H2,1-2H3,(H3,23,25,26). The van der Waals surface area contributed by atoms with Gasteiger partial charge in [0.2, 0.25) is 11.8 Å². The fourth-order valence-electron chi connectivity index (χ4n) is 2.67. The lowest BCUT2D eigenvalue weighted by Crippen LogP contribution is -2.04.